The van der Waals surface area contributed by atoms with E-state index in [1.165, 1.54) is 23.1 Å². The maximum atomic E-state index is 12.4. The number of hydrogen-bond acceptors (Lipinski definition) is 5. The summed E-state index contributed by atoms with van der Waals surface area (Å²) in [5, 5.41) is 0. The van der Waals surface area contributed by atoms with Gasteiger partial charge in [0.15, 0.2) is 9.84 Å². The van der Waals surface area contributed by atoms with E-state index < -0.39 is 27.9 Å². The third-order valence-corrected chi connectivity index (χ3v) is 4.99. The number of hydrogen-bond donors (Lipinski definition) is 1. The number of primary amides is 1. The molecule has 4 amide bonds. The molecule has 2 aliphatic rings. The Morgan fingerprint density at radius 2 is 2.09 bits per heavy atom. The Morgan fingerprint density at radius 3 is 2.68 bits per heavy atom. The van der Waals surface area contributed by atoms with Crippen molar-refractivity contribution < 1.29 is 22.7 Å². The maximum absolute atomic E-state index is 12.4. The zero-order chi connectivity index (χ0) is 16.2. The van der Waals surface area contributed by atoms with Crippen molar-refractivity contribution >= 4 is 27.6 Å². The number of amides is 4. The summed E-state index contributed by atoms with van der Waals surface area (Å²) in [5.41, 5.74) is 5.54. The number of anilines is 1. The highest BCUT2D eigenvalue weighted by molar-refractivity contribution is 7.90. The Kier molecular flexibility index (Phi) is 3.06. The monoisotopic (exact) mass is 325 g/mol. The third kappa shape index (κ3) is 2.08. The van der Waals surface area contributed by atoms with Gasteiger partial charge in [0, 0.05) is 6.26 Å². The summed E-state index contributed by atoms with van der Waals surface area (Å²) in [6.45, 7) is 1.89. The van der Waals surface area contributed by atoms with E-state index in [1.54, 1.807) is 6.92 Å². The lowest BCUT2D eigenvalue weighted by atomic mass is 10.1. The molecule has 1 aromatic rings. The molecule has 1 saturated heterocycles. The molecule has 0 bridgehead atoms. The van der Waals surface area contributed by atoms with Gasteiger partial charge in [-0.2, -0.15) is 0 Å². The van der Waals surface area contributed by atoms with E-state index in [-0.39, 0.29) is 17.5 Å². The van der Waals surface area contributed by atoms with Crippen LogP contribution in [0.15, 0.2) is 23.1 Å². The molecule has 3 rings (SSSR count). The van der Waals surface area contributed by atoms with Crippen molar-refractivity contribution in [1.29, 1.82) is 0 Å². The van der Waals surface area contributed by atoms with Crippen molar-refractivity contribution in [3.05, 3.63) is 18.2 Å². The Labute approximate surface area is 127 Å². The zero-order valence-corrected chi connectivity index (χ0v) is 12.8. The molecule has 0 saturated carbocycles. The summed E-state index contributed by atoms with van der Waals surface area (Å²) < 4.78 is 29.1. The number of urea groups is 2. The van der Waals surface area contributed by atoms with Gasteiger partial charge in [0.25, 0.3) is 0 Å². The molecule has 0 radical (unpaired) electrons. The van der Waals surface area contributed by atoms with Gasteiger partial charge in [-0.1, -0.05) is 0 Å². The number of nitrogens with two attached hydrogens (primary N) is 1. The quantitative estimate of drug-likeness (QED) is 0.811. The molecule has 1 aromatic carbocycles. The fourth-order valence-electron chi connectivity index (χ4n) is 2.74. The molecule has 9 heteroatoms. The highest BCUT2D eigenvalue weighted by atomic mass is 32.2. The number of benzene rings is 1. The van der Waals surface area contributed by atoms with Crippen molar-refractivity contribution in [1.82, 2.24) is 4.90 Å². The Morgan fingerprint density at radius 1 is 1.41 bits per heavy atom. The van der Waals surface area contributed by atoms with Crippen LogP contribution in [0.1, 0.15) is 6.92 Å². The van der Waals surface area contributed by atoms with Crippen molar-refractivity contribution in [3.8, 4) is 5.75 Å². The molecule has 2 unspecified atom stereocenters. The first kappa shape index (κ1) is 14.6. The van der Waals surface area contributed by atoms with Gasteiger partial charge in [-0.25, -0.2) is 22.9 Å². The molecule has 0 aliphatic carbocycles. The minimum atomic E-state index is -3.42. The fraction of sp³-hybridized carbons (Fsp3) is 0.385. The van der Waals surface area contributed by atoms with Crippen LogP contribution in [-0.4, -0.2) is 50.3 Å². The van der Waals surface area contributed by atoms with Crippen molar-refractivity contribution in [2.45, 2.75) is 24.0 Å². The number of imide groups is 1. The van der Waals surface area contributed by atoms with Gasteiger partial charge >= 0.3 is 12.1 Å². The summed E-state index contributed by atoms with van der Waals surface area (Å²) in [5.74, 6) is 0.399. The van der Waals surface area contributed by atoms with Crippen LogP contribution in [0, 0.1) is 0 Å². The summed E-state index contributed by atoms with van der Waals surface area (Å²) in [7, 11) is -3.42. The van der Waals surface area contributed by atoms with Gasteiger partial charge in [-0.15, -0.1) is 0 Å². The van der Waals surface area contributed by atoms with Gasteiger partial charge in [0.2, 0.25) is 0 Å². The number of nitrogens with zero attached hydrogens (tertiary/aromatic N) is 2. The number of rotatable bonds is 1. The summed E-state index contributed by atoms with van der Waals surface area (Å²) in [6, 6.07) is 2.51. The van der Waals surface area contributed by atoms with Crippen LogP contribution in [0.2, 0.25) is 0 Å². The number of ether oxygens (including phenoxy) is 1. The average molecular weight is 325 g/mol. The molecular formula is C13H15N3O5S. The number of carbonyl (C=O) groups is 2. The predicted molar refractivity (Wildman–Crippen MR) is 77.6 cm³/mol. The molecule has 118 valence electrons. The van der Waals surface area contributed by atoms with Crippen LogP contribution in [0.25, 0.3) is 0 Å². The number of carbonyl (C=O) groups excluding carboxylic acids is 2. The van der Waals surface area contributed by atoms with Crippen LogP contribution in [-0.2, 0) is 9.84 Å². The molecule has 8 nitrogen and oxygen atoms in total. The molecule has 2 aliphatic heterocycles. The fourth-order valence-corrected chi connectivity index (χ4v) is 3.38. The van der Waals surface area contributed by atoms with Crippen LogP contribution in [0.3, 0.4) is 0 Å². The lowest BCUT2D eigenvalue weighted by molar-refractivity contribution is 0.175. The Bertz CT molecular complexity index is 776. The lowest BCUT2D eigenvalue weighted by Crippen LogP contribution is -2.47. The van der Waals surface area contributed by atoms with Crippen molar-refractivity contribution in [3.63, 3.8) is 0 Å². The van der Waals surface area contributed by atoms with E-state index in [9.17, 15) is 18.0 Å². The first-order valence-electron chi connectivity index (χ1n) is 6.61. The van der Waals surface area contributed by atoms with E-state index in [0.29, 0.717) is 11.4 Å². The van der Waals surface area contributed by atoms with Crippen molar-refractivity contribution in [2.24, 2.45) is 5.73 Å². The van der Waals surface area contributed by atoms with E-state index >= 15 is 0 Å². The SMILES string of the molecule is CC1Oc2ccc(S(C)(=O)=O)cc2N2C(=O)N(C(N)=O)CC12. The van der Waals surface area contributed by atoms with Crippen LogP contribution in [0.5, 0.6) is 5.75 Å². The van der Waals surface area contributed by atoms with Crippen LogP contribution in [0.4, 0.5) is 15.3 Å². The second-order valence-corrected chi connectivity index (χ2v) is 7.41. The first-order valence-corrected chi connectivity index (χ1v) is 8.50. The van der Waals surface area contributed by atoms with Gasteiger partial charge in [-0.3, -0.25) is 4.90 Å². The first-order chi connectivity index (χ1) is 10.2. The van der Waals surface area contributed by atoms with E-state index in [4.69, 9.17) is 10.5 Å². The zero-order valence-electron chi connectivity index (χ0n) is 12.0. The summed E-state index contributed by atoms with van der Waals surface area (Å²) in [4.78, 5) is 26.1. The minimum Gasteiger partial charge on any atom is -0.486 e. The molecule has 2 atom stereocenters. The second-order valence-electron chi connectivity index (χ2n) is 5.39. The standard InChI is InChI=1S/C13H15N3O5S/c1-7-10-6-15(12(14)17)13(18)16(10)9-5-8(22(2,19)20)3-4-11(9)21-7/h3-5,7,10H,6H2,1-2H3,(H2,14,17). The largest absolute Gasteiger partial charge is 0.486 e. The maximum Gasteiger partial charge on any atom is 0.333 e. The normalized spacial score (nSPS) is 23.8. The molecule has 0 spiro atoms. The highest BCUT2D eigenvalue weighted by Gasteiger charge is 2.47. The van der Waals surface area contributed by atoms with Crippen LogP contribution < -0.4 is 15.4 Å². The second kappa shape index (κ2) is 4.60. The summed E-state index contributed by atoms with van der Waals surface area (Å²) in [6.07, 6.45) is 0.741. The van der Waals surface area contributed by atoms with E-state index in [0.717, 1.165) is 11.2 Å². The smallest absolute Gasteiger partial charge is 0.333 e. The third-order valence-electron chi connectivity index (χ3n) is 3.88. The van der Waals surface area contributed by atoms with Gasteiger partial charge in [-0.05, 0) is 25.1 Å². The topological polar surface area (TPSA) is 110 Å². The van der Waals surface area contributed by atoms with E-state index in [1.807, 2.05) is 0 Å². The highest BCUT2D eigenvalue weighted by Crippen LogP contribution is 2.41. The number of sulfone groups is 1. The molecule has 22 heavy (non-hydrogen) atoms. The molecular weight excluding hydrogens is 310 g/mol. The van der Waals surface area contributed by atoms with Crippen molar-refractivity contribution in [2.75, 3.05) is 17.7 Å². The Hall–Kier alpha value is -2.29. The molecule has 1 fully saturated rings. The lowest BCUT2D eigenvalue weighted by Gasteiger charge is -2.35. The molecule has 2 N–H and O–H groups in total. The predicted octanol–water partition coefficient (Wildman–Crippen LogP) is 0.560. The number of fused-ring (bicyclic) bond motifs is 3. The average Bonchev–Trinajstić information content (AvgIpc) is 2.76. The van der Waals surface area contributed by atoms with Gasteiger partial charge in [0.1, 0.15) is 11.9 Å². The van der Waals surface area contributed by atoms with Gasteiger partial charge < -0.3 is 10.5 Å². The van der Waals surface area contributed by atoms with E-state index in [2.05, 4.69) is 0 Å². The molecule has 0 aromatic heterocycles. The minimum absolute atomic E-state index is 0.0773. The van der Waals surface area contributed by atoms with Gasteiger partial charge in [0.05, 0.1) is 23.2 Å². The molecule has 2 heterocycles. The summed E-state index contributed by atoms with van der Waals surface area (Å²) >= 11 is 0. The Balaban J connectivity index is 2.13. The van der Waals surface area contributed by atoms with Crippen LogP contribution >= 0.6 is 0 Å².